The van der Waals surface area contributed by atoms with Gasteiger partial charge in [-0.15, -0.1) is 0 Å². The minimum Gasteiger partial charge on any atom is -0.311 e. The van der Waals surface area contributed by atoms with E-state index in [0.29, 0.717) is 0 Å². The maximum atomic E-state index is 5.87. The van der Waals surface area contributed by atoms with Crippen molar-refractivity contribution < 1.29 is 0 Å². The van der Waals surface area contributed by atoms with Crippen LogP contribution in [-0.4, -0.2) is 32.1 Å². The highest BCUT2D eigenvalue weighted by molar-refractivity contribution is 6.30. The molecule has 0 unspecified atom stereocenters. The molecule has 0 heterocycles. The fourth-order valence-corrected chi connectivity index (χ4v) is 1.40. The van der Waals surface area contributed by atoms with Crippen molar-refractivity contribution in [2.75, 3.05) is 27.2 Å². The molecule has 0 saturated carbocycles. The number of halogens is 1. The summed E-state index contributed by atoms with van der Waals surface area (Å²) in [5, 5.41) is 4.16. The zero-order valence-corrected chi connectivity index (χ0v) is 9.51. The van der Waals surface area contributed by atoms with Gasteiger partial charge >= 0.3 is 0 Å². The molecule has 0 radical (unpaired) electrons. The van der Waals surface area contributed by atoms with Crippen molar-refractivity contribution >= 4 is 11.6 Å². The van der Waals surface area contributed by atoms with E-state index in [2.05, 4.69) is 30.4 Å². The molecule has 0 bridgehead atoms. The van der Waals surface area contributed by atoms with E-state index in [9.17, 15) is 0 Å². The lowest BCUT2D eigenvalue weighted by Gasteiger charge is -2.10. The van der Waals surface area contributed by atoms with Gasteiger partial charge in [0, 0.05) is 24.7 Å². The number of nitrogens with zero attached hydrogens (tertiary/aromatic N) is 1. The van der Waals surface area contributed by atoms with Gasteiger partial charge in [-0.1, -0.05) is 23.7 Å². The second kappa shape index (κ2) is 6.02. The van der Waals surface area contributed by atoms with Crippen molar-refractivity contribution in [2.45, 2.75) is 6.54 Å². The van der Waals surface area contributed by atoms with Crippen LogP contribution in [0.1, 0.15) is 5.56 Å². The smallest absolute Gasteiger partial charge is 0.0409 e. The van der Waals surface area contributed by atoms with Gasteiger partial charge in [-0.25, -0.2) is 0 Å². The molecule has 0 aliphatic carbocycles. The fraction of sp³-hybridized carbons (Fsp3) is 0.455. The van der Waals surface area contributed by atoms with E-state index in [-0.39, 0.29) is 0 Å². The Hall–Kier alpha value is -0.570. The summed E-state index contributed by atoms with van der Waals surface area (Å²) in [5.74, 6) is 0. The zero-order chi connectivity index (χ0) is 10.4. The molecule has 0 amide bonds. The number of likely N-dealkylation sites (N-methyl/N-ethyl adjacent to an activating group) is 1. The molecule has 0 atom stereocenters. The predicted molar refractivity (Wildman–Crippen MR) is 61.7 cm³/mol. The Bertz CT molecular complexity index is 274. The van der Waals surface area contributed by atoms with E-state index < -0.39 is 0 Å². The first-order valence-corrected chi connectivity index (χ1v) is 5.16. The lowest BCUT2D eigenvalue weighted by atomic mass is 10.2. The SMILES string of the molecule is CN(C)CCNCc1cccc(Cl)c1. The minimum atomic E-state index is 0.803. The molecule has 1 aromatic rings. The number of hydrogen-bond donors (Lipinski definition) is 1. The zero-order valence-electron chi connectivity index (χ0n) is 8.76. The first-order chi connectivity index (χ1) is 6.68. The summed E-state index contributed by atoms with van der Waals surface area (Å²) in [6.45, 7) is 2.94. The highest BCUT2D eigenvalue weighted by Gasteiger charge is 1.94. The second-order valence-corrected chi connectivity index (χ2v) is 4.05. The molecule has 2 nitrogen and oxygen atoms in total. The highest BCUT2D eigenvalue weighted by atomic mass is 35.5. The standard InChI is InChI=1S/C11H17ClN2/c1-14(2)7-6-13-9-10-4-3-5-11(12)8-10/h3-5,8,13H,6-7,9H2,1-2H3. The number of benzene rings is 1. The summed E-state index contributed by atoms with van der Waals surface area (Å²) >= 11 is 5.87. The quantitative estimate of drug-likeness (QED) is 0.752. The molecule has 0 aromatic heterocycles. The predicted octanol–water partition coefficient (Wildman–Crippen LogP) is 1.99. The second-order valence-electron chi connectivity index (χ2n) is 3.61. The van der Waals surface area contributed by atoms with Gasteiger partial charge in [-0.3, -0.25) is 0 Å². The Morgan fingerprint density at radius 2 is 2.14 bits per heavy atom. The molecule has 0 spiro atoms. The van der Waals surface area contributed by atoms with E-state index >= 15 is 0 Å². The van der Waals surface area contributed by atoms with E-state index in [4.69, 9.17) is 11.6 Å². The Balaban J connectivity index is 2.25. The molecule has 0 aliphatic heterocycles. The van der Waals surface area contributed by atoms with Crippen LogP contribution in [0.2, 0.25) is 5.02 Å². The molecule has 3 heteroatoms. The summed E-state index contributed by atoms with van der Waals surface area (Å²) in [6, 6.07) is 7.94. The average molecular weight is 213 g/mol. The van der Waals surface area contributed by atoms with Crippen LogP contribution in [-0.2, 0) is 6.54 Å². The molecule has 78 valence electrons. The number of rotatable bonds is 5. The third kappa shape index (κ3) is 4.61. The fourth-order valence-electron chi connectivity index (χ4n) is 1.18. The van der Waals surface area contributed by atoms with Gasteiger partial charge in [-0.05, 0) is 31.8 Å². The lowest BCUT2D eigenvalue weighted by molar-refractivity contribution is 0.400. The molecule has 1 rings (SSSR count). The number of hydrogen-bond acceptors (Lipinski definition) is 2. The molecule has 0 aliphatic rings. The van der Waals surface area contributed by atoms with Crippen molar-refractivity contribution in [1.29, 1.82) is 0 Å². The number of nitrogens with one attached hydrogen (secondary N) is 1. The van der Waals surface area contributed by atoms with Crippen LogP contribution in [0, 0.1) is 0 Å². The van der Waals surface area contributed by atoms with Crippen LogP contribution in [0.3, 0.4) is 0 Å². The van der Waals surface area contributed by atoms with Gasteiger partial charge in [0.1, 0.15) is 0 Å². The monoisotopic (exact) mass is 212 g/mol. The van der Waals surface area contributed by atoms with Gasteiger partial charge in [0.25, 0.3) is 0 Å². The summed E-state index contributed by atoms with van der Waals surface area (Å²) in [6.07, 6.45) is 0. The van der Waals surface area contributed by atoms with E-state index in [1.165, 1.54) is 5.56 Å². The Morgan fingerprint density at radius 3 is 2.79 bits per heavy atom. The van der Waals surface area contributed by atoms with E-state index in [0.717, 1.165) is 24.7 Å². The van der Waals surface area contributed by atoms with Crippen LogP contribution in [0.4, 0.5) is 0 Å². The van der Waals surface area contributed by atoms with Crippen molar-refractivity contribution in [1.82, 2.24) is 10.2 Å². The van der Waals surface area contributed by atoms with Crippen molar-refractivity contribution in [3.05, 3.63) is 34.9 Å². The topological polar surface area (TPSA) is 15.3 Å². The third-order valence-corrected chi connectivity index (χ3v) is 2.19. The molecule has 0 fully saturated rings. The largest absolute Gasteiger partial charge is 0.311 e. The first kappa shape index (κ1) is 11.5. The van der Waals surface area contributed by atoms with Crippen molar-refractivity contribution in [3.63, 3.8) is 0 Å². The van der Waals surface area contributed by atoms with E-state index in [1.54, 1.807) is 0 Å². The van der Waals surface area contributed by atoms with Crippen LogP contribution >= 0.6 is 11.6 Å². The van der Waals surface area contributed by atoms with E-state index in [1.807, 2.05) is 18.2 Å². The van der Waals surface area contributed by atoms with Gasteiger partial charge in [0.05, 0.1) is 0 Å². The van der Waals surface area contributed by atoms with Crippen LogP contribution in [0.5, 0.6) is 0 Å². The molecule has 1 aromatic carbocycles. The Labute approximate surface area is 90.9 Å². The molecular weight excluding hydrogens is 196 g/mol. The van der Waals surface area contributed by atoms with Gasteiger partial charge in [0.2, 0.25) is 0 Å². The maximum absolute atomic E-state index is 5.87. The van der Waals surface area contributed by atoms with Gasteiger partial charge in [-0.2, -0.15) is 0 Å². The maximum Gasteiger partial charge on any atom is 0.0409 e. The van der Waals surface area contributed by atoms with Crippen molar-refractivity contribution in [2.24, 2.45) is 0 Å². The van der Waals surface area contributed by atoms with Gasteiger partial charge in [0.15, 0.2) is 0 Å². The molecular formula is C11H17ClN2. The van der Waals surface area contributed by atoms with Crippen molar-refractivity contribution in [3.8, 4) is 0 Å². The third-order valence-electron chi connectivity index (χ3n) is 1.95. The normalized spacial score (nSPS) is 10.9. The first-order valence-electron chi connectivity index (χ1n) is 4.78. The highest BCUT2D eigenvalue weighted by Crippen LogP contribution is 2.09. The molecule has 0 saturated heterocycles. The van der Waals surface area contributed by atoms with Gasteiger partial charge < -0.3 is 10.2 Å². The van der Waals surface area contributed by atoms with Crippen LogP contribution in [0.15, 0.2) is 24.3 Å². The lowest BCUT2D eigenvalue weighted by Crippen LogP contribution is -2.26. The molecule has 14 heavy (non-hydrogen) atoms. The summed E-state index contributed by atoms with van der Waals surface area (Å²) in [5.41, 5.74) is 1.23. The Kier molecular flexibility index (Phi) is 4.94. The molecule has 1 N–H and O–H groups in total. The minimum absolute atomic E-state index is 0.803. The van der Waals surface area contributed by atoms with Crippen LogP contribution in [0.25, 0.3) is 0 Å². The Morgan fingerprint density at radius 1 is 1.36 bits per heavy atom. The van der Waals surface area contributed by atoms with Crippen LogP contribution < -0.4 is 5.32 Å². The summed E-state index contributed by atoms with van der Waals surface area (Å²) in [4.78, 5) is 2.16. The summed E-state index contributed by atoms with van der Waals surface area (Å²) in [7, 11) is 4.14. The average Bonchev–Trinajstić information content (AvgIpc) is 2.12. The summed E-state index contributed by atoms with van der Waals surface area (Å²) < 4.78 is 0.